The maximum atomic E-state index is 5.34. The quantitative estimate of drug-likeness (QED) is 0.739. The molecule has 0 aliphatic heterocycles. The summed E-state index contributed by atoms with van der Waals surface area (Å²) < 4.78 is 1.83. The topological polar surface area (TPSA) is 21.1 Å². The first-order chi connectivity index (χ1) is 7.77. The van der Waals surface area contributed by atoms with E-state index in [1.165, 1.54) is 5.56 Å². The van der Waals surface area contributed by atoms with Gasteiger partial charge in [-0.2, -0.15) is 0 Å². The third-order valence-corrected chi connectivity index (χ3v) is 2.84. The molecular weight excluding hydrogens is 218 g/mol. The van der Waals surface area contributed by atoms with E-state index in [2.05, 4.69) is 17.1 Å². The van der Waals surface area contributed by atoms with Gasteiger partial charge in [-0.1, -0.05) is 30.3 Å². The minimum absolute atomic E-state index is 0.751. The summed E-state index contributed by atoms with van der Waals surface area (Å²) >= 11 is 5.34. The third-order valence-electron chi connectivity index (χ3n) is 2.31. The summed E-state index contributed by atoms with van der Waals surface area (Å²) in [5.41, 5.74) is 1.24. The van der Waals surface area contributed by atoms with Crippen LogP contribution in [0, 0.1) is 0 Å². The van der Waals surface area contributed by atoms with Crippen molar-refractivity contribution < 1.29 is 0 Å². The Morgan fingerprint density at radius 2 is 2.12 bits per heavy atom. The Kier molecular flexibility index (Phi) is 3.31. The molecule has 16 heavy (non-hydrogen) atoms. The Labute approximate surface area is 100 Å². The first kappa shape index (κ1) is 10.8. The second-order valence-electron chi connectivity index (χ2n) is 3.59. The van der Waals surface area contributed by atoms with Gasteiger partial charge in [0.15, 0.2) is 5.11 Å². The summed E-state index contributed by atoms with van der Waals surface area (Å²) in [6.45, 7) is 0.803. The molecule has 2 rings (SSSR count). The van der Waals surface area contributed by atoms with Crippen molar-refractivity contribution in [2.45, 2.75) is 6.54 Å². The highest BCUT2D eigenvalue weighted by Crippen LogP contribution is 2.04. The fourth-order valence-corrected chi connectivity index (χ4v) is 1.67. The van der Waals surface area contributed by atoms with E-state index < -0.39 is 0 Å². The van der Waals surface area contributed by atoms with Gasteiger partial charge in [0.05, 0.1) is 0 Å². The maximum absolute atomic E-state index is 5.34. The monoisotopic (exact) mass is 231 g/mol. The zero-order valence-electron chi connectivity index (χ0n) is 9.08. The molecule has 2 aromatic rings. The molecule has 3 nitrogen and oxygen atoms in total. The van der Waals surface area contributed by atoms with Crippen LogP contribution in [0.2, 0.25) is 0 Å². The van der Waals surface area contributed by atoms with Gasteiger partial charge >= 0.3 is 0 Å². The van der Waals surface area contributed by atoms with Crippen LogP contribution in [0.15, 0.2) is 49.1 Å². The van der Waals surface area contributed by atoms with Gasteiger partial charge in [0, 0.05) is 26.0 Å². The molecule has 4 heteroatoms. The predicted octanol–water partition coefficient (Wildman–Crippen LogP) is 2.15. The fourth-order valence-electron chi connectivity index (χ4n) is 1.49. The van der Waals surface area contributed by atoms with Gasteiger partial charge in [-0.15, -0.1) is 0 Å². The highest BCUT2D eigenvalue weighted by Gasteiger charge is 2.06. The average molecular weight is 231 g/mol. The standard InChI is InChI=1S/C12H13N3S/c1-14(9-11-5-3-2-4-6-11)12(16)15-8-7-13-10-15/h2-8,10H,9H2,1H3. The van der Waals surface area contributed by atoms with Crippen molar-refractivity contribution in [1.29, 1.82) is 0 Å². The molecule has 0 aliphatic carbocycles. The molecular formula is C12H13N3S. The molecule has 1 aromatic heterocycles. The molecule has 82 valence electrons. The lowest BCUT2D eigenvalue weighted by Crippen LogP contribution is -2.29. The Bertz CT molecular complexity index is 450. The number of rotatable bonds is 2. The van der Waals surface area contributed by atoms with Crippen LogP contribution in [-0.2, 0) is 6.54 Å². The first-order valence-corrected chi connectivity index (χ1v) is 5.45. The van der Waals surface area contributed by atoms with Gasteiger partial charge in [-0.05, 0) is 17.8 Å². The minimum Gasteiger partial charge on any atom is -0.347 e. The summed E-state index contributed by atoms with van der Waals surface area (Å²) in [6, 6.07) is 10.3. The highest BCUT2D eigenvalue weighted by molar-refractivity contribution is 7.80. The van der Waals surface area contributed by atoms with Gasteiger partial charge in [-0.25, -0.2) is 4.98 Å². The Morgan fingerprint density at radius 1 is 1.38 bits per heavy atom. The Morgan fingerprint density at radius 3 is 2.75 bits per heavy atom. The van der Waals surface area contributed by atoms with E-state index in [9.17, 15) is 0 Å². The minimum atomic E-state index is 0.751. The van der Waals surface area contributed by atoms with E-state index in [1.807, 2.05) is 40.9 Å². The zero-order chi connectivity index (χ0) is 11.4. The average Bonchev–Trinajstić information content (AvgIpc) is 2.83. The lowest BCUT2D eigenvalue weighted by Gasteiger charge is -2.20. The summed E-state index contributed by atoms with van der Waals surface area (Å²) in [5.74, 6) is 0. The van der Waals surface area contributed by atoms with Gasteiger partial charge < -0.3 is 4.90 Å². The van der Waals surface area contributed by atoms with Crippen molar-refractivity contribution in [3.8, 4) is 0 Å². The summed E-state index contributed by atoms with van der Waals surface area (Å²) in [4.78, 5) is 6.00. The van der Waals surface area contributed by atoms with Gasteiger partial charge in [-0.3, -0.25) is 4.57 Å². The number of benzene rings is 1. The third kappa shape index (κ3) is 2.46. The largest absolute Gasteiger partial charge is 0.347 e. The van der Waals surface area contributed by atoms with Crippen LogP contribution >= 0.6 is 12.2 Å². The lowest BCUT2D eigenvalue weighted by atomic mass is 10.2. The van der Waals surface area contributed by atoms with Crippen LogP contribution in [0.25, 0.3) is 0 Å². The van der Waals surface area contributed by atoms with Crippen LogP contribution in [-0.4, -0.2) is 26.6 Å². The Balaban J connectivity index is 2.04. The van der Waals surface area contributed by atoms with Crippen LogP contribution in [0.5, 0.6) is 0 Å². The van der Waals surface area contributed by atoms with Crippen molar-refractivity contribution in [3.63, 3.8) is 0 Å². The van der Waals surface area contributed by atoms with Crippen LogP contribution < -0.4 is 0 Å². The van der Waals surface area contributed by atoms with E-state index in [0.29, 0.717) is 0 Å². The molecule has 0 N–H and O–H groups in total. The normalized spacial score (nSPS) is 10.1. The van der Waals surface area contributed by atoms with Crippen molar-refractivity contribution in [3.05, 3.63) is 54.6 Å². The fraction of sp³-hybridized carbons (Fsp3) is 0.167. The Hall–Kier alpha value is -1.68. The van der Waals surface area contributed by atoms with Gasteiger partial charge in [0.25, 0.3) is 0 Å². The SMILES string of the molecule is CN(Cc1ccccc1)C(=S)n1ccnc1. The number of hydrogen-bond donors (Lipinski definition) is 0. The molecule has 0 atom stereocenters. The molecule has 1 heterocycles. The molecule has 0 spiro atoms. The molecule has 0 saturated heterocycles. The summed E-state index contributed by atoms with van der Waals surface area (Å²) in [7, 11) is 1.98. The van der Waals surface area contributed by atoms with E-state index in [1.54, 1.807) is 12.5 Å². The first-order valence-electron chi connectivity index (χ1n) is 5.05. The van der Waals surface area contributed by atoms with E-state index in [4.69, 9.17) is 12.2 Å². The number of aromatic nitrogens is 2. The number of thiocarbonyl (C=S) groups is 1. The predicted molar refractivity (Wildman–Crippen MR) is 68.1 cm³/mol. The van der Waals surface area contributed by atoms with E-state index in [-0.39, 0.29) is 0 Å². The van der Waals surface area contributed by atoms with Gasteiger partial charge in [0.1, 0.15) is 6.33 Å². The van der Waals surface area contributed by atoms with Crippen molar-refractivity contribution >= 4 is 17.3 Å². The lowest BCUT2D eigenvalue weighted by molar-refractivity contribution is 0.494. The van der Waals surface area contributed by atoms with Crippen LogP contribution in [0.4, 0.5) is 0 Å². The van der Waals surface area contributed by atoms with Gasteiger partial charge in [0.2, 0.25) is 0 Å². The second kappa shape index (κ2) is 4.90. The second-order valence-corrected chi connectivity index (χ2v) is 3.96. The van der Waals surface area contributed by atoms with Crippen molar-refractivity contribution in [1.82, 2.24) is 14.5 Å². The van der Waals surface area contributed by atoms with Crippen LogP contribution in [0.1, 0.15) is 5.56 Å². The number of nitrogens with zero attached hydrogens (tertiary/aromatic N) is 3. The molecule has 0 bridgehead atoms. The van der Waals surface area contributed by atoms with E-state index >= 15 is 0 Å². The molecule has 0 aliphatic rings. The number of hydrogen-bond acceptors (Lipinski definition) is 2. The van der Waals surface area contributed by atoms with Crippen LogP contribution in [0.3, 0.4) is 0 Å². The highest BCUT2D eigenvalue weighted by atomic mass is 32.1. The summed E-state index contributed by atoms with van der Waals surface area (Å²) in [6.07, 6.45) is 5.29. The van der Waals surface area contributed by atoms with E-state index in [0.717, 1.165) is 11.7 Å². The molecule has 0 fully saturated rings. The number of imidazole rings is 1. The van der Waals surface area contributed by atoms with Crippen molar-refractivity contribution in [2.24, 2.45) is 0 Å². The molecule has 0 unspecified atom stereocenters. The molecule has 0 saturated carbocycles. The molecule has 0 amide bonds. The molecule has 0 radical (unpaired) electrons. The summed E-state index contributed by atoms with van der Waals surface area (Å²) in [5, 5.41) is 0.751. The van der Waals surface area contributed by atoms with Crippen molar-refractivity contribution in [2.75, 3.05) is 7.05 Å². The maximum Gasteiger partial charge on any atom is 0.181 e. The zero-order valence-corrected chi connectivity index (χ0v) is 9.89. The molecule has 1 aromatic carbocycles. The smallest absolute Gasteiger partial charge is 0.181 e.